The van der Waals surface area contributed by atoms with Crippen molar-refractivity contribution in [3.63, 3.8) is 0 Å². The lowest BCUT2D eigenvalue weighted by molar-refractivity contribution is 0.242. The van der Waals surface area contributed by atoms with E-state index in [-0.39, 0.29) is 6.61 Å². The minimum Gasteiger partial charge on any atom is -0.396 e. The number of rotatable bonds is 4. The smallest absolute Gasteiger partial charge is 0.182 e. The van der Waals surface area contributed by atoms with Gasteiger partial charge < -0.3 is 10.0 Å². The van der Waals surface area contributed by atoms with E-state index in [1.807, 2.05) is 18.7 Å². The van der Waals surface area contributed by atoms with Crippen LogP contribution in [0.5, 0.6) is 0 Å². The Hall–Kier alpha value is -0.880. The Labute approximate surface area is 139 Å². The van der Waals surface area contributed by atoms with E-state index in [1.165, 1.54) is 0 Å². The first kappa shape index (κ1) is 16.5. The molecule has 2 rings (SSSR count). The number of hydrogen-bond acceptors (Lipinski definition) is 3. The molecule has 114 valence electrons. The van der Waals surface area contributed by atoms with Gasteiger partial charge in [-0.3, -0.25) is 10.3 Å². The van der Waals surface area contributed by atoms with Crippen LogP contribution in [0.4, 0.5) is 5.69 Å². The monoisotopic (exact) mass is 345 g/mol. The SMILES string of the molecule is CC1(C)C(=N)N(c2ccc(Cl)c(Cl)c2)C(=S)N1CCCO. The average Bonchev–Trinajstić information content (AvgIpc) is 2.58. The van der Waals surface area contributed by atoms with Crippen LogP contribution in [0.2, 0.25) is 10.0 Å². The molecular formula is C14H17Cl2N3OS. The first-order valence-corrected chi connectivity index (χ1v) is 7.73. The van der Waals surface area contributed by atoms with Gasteiger partial charge in [0.1, 0.15) is 5.84 Å². The molecular weight excluding hydrogens is 329 g/mol. The van der Waals surface area contributed by atoms with Crippen LogP contribution in [0.25, 0.3) is 0 Å². The van der Waals surface area contributed by atoms with E-state index in [1.54, 1.807) is 23.1 Å². The van der Waals surface area contributed by atoms with Crippen molar-refractivity contribution >= 4 is 52.1 Å². The summed E-state index contributed by atoms with van der Waals surface area (Å²) in [6.07, 6.45) is 0.603. The number of halogens is 2. The summed E-state index contributed by atoms with van der Waals surface area (Å²) in [5.74, 6) is 0.379. The molecule has 1 aliphatic heterocycles. The van der Waals surface area contributed by atoms with Gasteiger partial charge in [0.25, 0.3) is 0 Å². The fourth-order valence-corrected chi connectivity index (χ4v) is 3.13. The van der Waals surface area contributed by atoms with E-state index >= 15 is 0 Å². The maximum absolute atomic E-state index is 9.03. The highest BCUT2D eigenvalue weighted by Crippen LogP contribution is 2.35. The molecule has 1 aliphatic rings. The molecule has 0 bridgehead atoms. The summed E-state index contributed by atoms with van der Waals surface area (Å²) in [6, 6.07) is 5.19. The zero-order valence-corrected chi connectivity index (χ0v) is 14.2. The molecule has 1 saturated heterocycles. The van der Waals surface area contributed by atoms with Crippen molar-refractivity contribution in [2.45, 2.75) is 25.8 Å². The number of benzene rings is 1. The molecule has 7 heteroatoms. The summed E-state index contributed by atoms with van der Waals surface area (Å²) in [5, 5.41) is 18.9. The van der Waals surface area contributed by atoms with E-state index in [0.717, 1.165) is 5.69 Å². The molecule has 0 unspecified atom stereocenters. The summed E-state index contributed by atoms with van der Waals surface area (Å²) in [4.78, 5) is 3.64. The zero-order chi connectivity index (χ0) is 15.8. The number of aliphatic hydroxyl groups is 1. The lowest BCUT2D eigenvalue weighted by Gasteiger charge is -2.30. The summed E-state index contributed by atoms with van der Waals surface area (Å²) < 4.78 is 0. The van der Waals surface area contributed by atoms with Crippen LogP contribution in [-0.2, 0) is 0 Å². The van der Waals surface area contributed by atoms with Crippen LogP contribution in [-0.4, -0.2) is 39.6 Å². The van der Waals surface area contributed by atoms with Crippen LogP contribution in [0, 0.1) is 5.41 Å². The zero-order valence-electron chi connectivity index (χ0n) is 11.9. The Morgan fingerprint density at radius 2 is 1.95 bits per heavy atom. The van der Waals surface area contributed by atoms with Gasteiger partial charge in [0, 0.05) is 13.2 Å². The van der Waals surface area contributed by atoms with E-state index in [2.05, 4.69) is 0 Å². The molecule has 1 heterocycles. The summed E-state index contributed by atoms with van der Waals surface area (Å²) in [6.45, 7) is 4.57. The van der Waals surface area contributed by atoms with Gasteiger partial charge in [0.2, 0.25) is 0 Å². The number of nitrogens with zero attached hydrogens (tertiary/aromatic N) is 2. The number of thiocarbonyl (C=S) groups is 1. The number of hydrogen-bond donors (Lipinski definition) is 2. The normalized spacial score (nSPS) is 17.8. The third kappa shape index (κ3) is 2.88. The van der Waals surface area contributed by atoms with E-state index in [0.29, 0.717) is 34.0 Å². The van der Waals surface area contributed by atoms with E-state index < -0.39 is 5.54 Å². The predicted molar refractivity (Wildman–Crippen MR) is 91.8 cm³/mol. The number of amidine groups is 1. The van der Waals surface area contributed by atoms with Gasteiger partial charge in [-0.25, -0.2) is 0 Å². The Kier molecular flexibility index (Phi) is 4.78. The lowest BCUT2D eigenvalue weighted by atomic mass is 10.0. The largest absolute Gasteiger partial charge is 0.396 e. The second-order valence-corrected chi connectivity index (χ2v) is 6.53. The fraction of sp³-hybridized carbons (Fsp3) is 0.429. The number of anilines is 1. The van der Waals surface area contributed by atoms with Crippen molar-refractivity contribution in [3.05, 3.63) is 28.2 Å². The van der Waals surface area contributed by atoms with Crippen LogP contribution < -0.4 is 4.90 Å². The molecule has 0 radical (unpaired) electrons. The van der Waals surface area contributed by atoms with Crippen LogP contribution in [0.3, 0.4) is 0 Å². The standard InChI is InChI=1S/C14H17Cl2N3OS/c1-14(2)12(17)19(13(21)18(14)6-3-7-20)9-4-5-10(15)11(16)8-9/h4-5,8,17,20H,3,6-7H2,1-2H3. The quantitative estimate of drug-likeness (QED) is 0.819. The van der Waals surface area contributed by atoms with Crippen LogP contribution in [0.15, 0.2) is 18.2 Å². The Morgan fingerprint density at radius 3 is 2.52 bits per heavy atom. The van der Waals surface area contributed by atoms with Gasteiger partial charge in [-0.15, -0.1) is 0 Å². The van der Waals surface area contributed by atoms with Crippen molar-refractivity contribution in [3.8, 4) is 0 Å². The highest BCUT2D eigenvalue weighted by Gasteiger charge is 2.46. The molecule has 0 aliphatic carbocycles. The maximum Gasteiger partial charge on any atom is 0.182 e. The second-order valence-electron chi connectivity index (χ2n) is 5.35. The third-order valence-electron chi connectivity index (χ3n) is 3.60. The number of aliphatic hydroxyl groups excluding tert-OH is 1. The van der Waals surface area contributed by atoms with Crippen molar-refractivity contribution in [2.75, 3.05) is 18.1 Å². The van der Waals surface area contributed by atoms with E-state index in [4.69, 9.17) is 45.9 Å². The van der Waals surface area contributed by atoms with Crippen molar-refractivity contribution in [2.24, 2.45) is 0 Å². The molecule has 1 aromatic rings. The molecule has 0 spiro atoms. The van der Waals surface area contributed by atoms with E-state index in [9.17, 15) is 0 Å². The van der Waals surface area contributed by atoms with Gasteiger partial charge in [-0.05, 0) is 50.7 Å². The molecule has 0 saturated carbocycles. The predicted octanol–water partition coefficient (Wildman–Crippen LogP) is 3.54. The highest BCUT2D eigenvalue weighted by molar-refractivity contribution is 7.80. The molecule has 0 atom stereocenters. The molecule has 1 fully saturated rings. The van der Waals surface area contributed by atoms with Gasteiger partial charge in [-0.2, -0.15) is 0 Å². The lowest BCUT2D eigenvalue weighted by Crippen LogP contribution is -2.44. The molecule has 4 nitrogen and oxygen atoms in total. The molecule has 2 N–H and O–H groups in total. The fourth-order valence-electron chi connectivity index (χ4n) is 2.32. The highest BCUT2D eigenvalue weighted by atomic mass is 35.5. The third-order valence-corrected chi connectivity index (χ3v) is 4.74. The maximum atomic E-state index is 9.03. The van der Waals surface area contributed by atoms with Crippen molar-refractivity contribution in [1.82, 2.24) is 4.90 Å². The van der Waals surface area contributed by atoms with Crippen LogP contribution >= 0.6 is 35.4 Å². The van der Waals surface area contributed by atoms with Crippen LogP contribution in [0.1, 0.15) is 20.3 Å². The van der Waals surface area contributed by atoms with Crippen molar-refractivity contribution < 1.29 is 5.11 Å². The summed E-state index contributed by atoms with van der Waals surface area (Å²) >= 11 is 17.5. The van der Waals surface area contributed by atoms with Gasteiger partial charge in [0.15, 0.2) is 5.11 Å². The molecule has 21 heavy (non-hydrogen) atoms. The molecule has 0 amide bonds. The Morgan fingerprint density at radius 1 is 1.29 bits per heavy atom. The number of nitrogens with one attached hydrogen (secondary N) is 1. The van der Waals surface area contributed by atoms with Gasteiger partial charge >= 0.3 is 0 Å². The second kappa shape index (κ2) is 6.08. The first-order valence-electron chi connectivity index (χ1n) is 6.57. The summed E-state index contributed by atoms with van der Waals surface area (Å²) in [7, 11) is 0. The van der Waals surface area contributed by atoms with Gasteiger partial charge in [-0.1, -0.05) is 23.2 Å². The first-order chi connectivity index (χ1) is 9.80. The minimum absolute atomic E-state index is 0.0926. The van der Waals surface area contributed by atoms with Crippen molar-refractivity contribution in [1.29, 1.82) is 5.41 Å². The average molecular weight is 346 g/mol. The molecule has 0 aromatic heterocycles. The minimum atomic E-state index is -0.529. The Balaban J connectivity index is 2.38. The molecule has 1 aromatic carbocycles. The topological polar surface area (TPSA) is 50.6 Å². The van der Waals surface area contributed by atoms with Gasteiger partial charge in [0.05, 0.1) is 21.3 Å². The Bertz CT molecular complexity index is 592. The summed E-state index contributed by atoms with van der Waals surface area (Å²) in [5.41, 5.74) is 0.192.